The average Bonchev–Trinajstić information content (AvgIpc) is 2.70. The Labute approximate surface area is 164 Å². The number of rotatable bonds is 5. The molecule has 27 heavy (non-hydrogen) atoms. The van der Waals surface area contributed by atoms with Crippen LogP contribution in [0.4, 0.5) is 5.69 Å². The number of pyridine rings is 1. The molecule has 0 unspecified atom stereocenters. The fourth-order valence-corrected chi connectivity index (χ4v) is 3.58. The third-order valence-electron chi connectivity index (χ3n) is 5.10. The highest BCUT2D eigenvalue weighted by Gasteiger charge is 2.30. The molecular weight excluding hydrogens is 362 g/mol. The van der Waals surface area contributed by atoms with E-state index in [1.54, 1.807) is 18.3 Å². The quantitative estimate of drug-likeness (QED) is 0.813. The Bertz CT molecular complexity index is 802. The number of amides is 2. The van der Waals surface area contributed by atoms with Gasteiger partial charge in [-0.1, -0.05) is 23.7 Å². The van der Waals surface area contributed by atoms with Crippen LogP contribution in [0, 0.1) is 18.8 Å². The van der Waals surface area contributed by atoms with Gasteiger partial charge in [-0.15, -0.1) is 0 Å². The van der Waals surface area contributed by atoms with E-state index in [4.69, 9.17) is 11.6 Å². The van der Waals surface area contributed by atoms with Crippen molar-refractivity contribution in [3.63, 3.8) is 0 Å². The highest BCUT2D eigenvalue weighted by atomic mass is 35.5. The van der Waals surface area contributed by atoms with E-state index in [2.05, 4.69) is 15.6 Å². The van der Waals surface area contributed by atoms with Gasteiger partial charge in [0, 0.05) is 28.7 Å². The molecule has 1 aromatic carbocycles. The van der Waals surface area contributed by atoms with Crippen LogP contribution in [0.2, 0.25) is 5.02 Å². The summed E-state index contributed by atoms with van der Waals surface area (Å²) in [5.41, 5.74) is 2.58. The molecule has 2 aromatic rings. The molecule has 0 bridgehead atoms. The molecule has 142 valence electrons. The van der Waals surface area contributed by atoms with E-state index < -0.39 is 0 Å². The summed E-state index contributed by atoms with van der Waals surface area (Å²) in [5, 5.41) is 6.53. The maximum absolute atomic E-state index is 12.6. The molecule has 6 heteroatoms. The maximum Gasteiger partial charge on any atom is 0.227 e. The van der Waals surface area contributed by atoms with Gasteiger partial charge in [-0.3, -0.25) is 14.6 Å². The van der Waals surface area contributed by atoms with Gasteiger partial charge < -0.3 is 10.6 Å². The van der Waals surface area contributed by atoms with E-state index in [1.807, 2.05) is 31.2 Å². The number of hydrogen-bond donors (Lipinski definition) is 2. The number of carbonyl (C=O) groups excluding carboxylic acids is 2. The first-order valence-corrected chi connectivity index (χ1v) is 9.65. The Morgan fingerprint density at radius 1 is 1.07 bits per heavy atom. The van der Waals surface area contributed by atoms with Crippen molar-refractivity contribution in [1.82, 2.24) is 10.3 Å². The molecule has 1 aliphatic rings. The van der Waals surface area contributed by atoms with Gasteiger partial charge in [0.25, 0.3) is 0 Å². The third-order valence-corrected chi connectivity index (χ3v) is 5.33. The summed E-state index contributed by atoms with van der Waals surface area (Å²) in [6.07, 6.45) is 4.59. The summed E-state index contributed by atoms with van der Waals surface area (Å²) in [4.78, 5) is 29.1. The first kappa shape index (κ1) is 19.4. The highest BCUT2D eigenvalue weighted by molar-refractivity contribution is 6.31. The van der Waals surface area contributed by atoms with Gasteiger partial charge in [0.05, 0.1) is 12.2 Å². The first-order valence-electron chi connectivity index (χ1n) is 9.27. The molecular formula is C21H24ClN3O2. The number of aryl methyl sites for hydroxylation is 1. The predicted octanol–water partition coefficient (Wildman–Crippen LogP) is 4.10. The second-order valence-corrected chi connectivity index (χ2v) is 7.47. The average molecular weight is 386 g/mol. The van der Waals surface area contributed by atoms with Gasteiger partial charge in [0.15, 0.2) is 0 Å². The lowest BCUT2D eigenvalue weighted by atomic mass is 9.81. The molecule has 1 saturated carbocycles. The molecule has 0 spiro atoms. The Balaban J connectivity index is 1.47. The fraction of sp³-hybridized carbons (Fsp3) is 0.381. The van der Waals surface area contributed by atoms with Gasteiger partial charge in [0.2, 0.25) is 11.8 Å². The van der Waals surface area contributed by atoms with Crippen molar-refractivity contribution in [3.05, 3.63) is 58.9 Å². The minimum absolute atomic E-state index is 0.00714. The molecule has 1 heterocycles. The topological polar surface area (TPSA) is 71.1 Å². The Hall–Kier alpha value is -2.40. The van der Waals surface area contributed by atoms with E-state index >= 15 is 0 Å². The van der Waals surface area contributed by atoms with Crippen molar-refractivity contribution < 1.29 is 9.59 Å². The second-order valence-electron chi connectivity index (χ2n) is 7.04. The molecule has 0 radical (unpaired) electrons. The monoisotopic (exact) mass is 385 g/mol. The van der Waals surface area contributed by atoms with Gasteiger partial charge in [-0.25, -0.2) is 0 Å². The number of benzene rings is 1. The van der Waals surface area contributed by atoms with Crippen molar-refractivity contribution in [1.29, 1.82) is 0 Å². The van der Waals surface area contributed by atoms with Crippen molar-refractivity contribution in [2.75, 3.05) is 5.32 Å². The number of nitrogens with one attached hydrogen (secondary N) is 2. The van der Waals surface area contributed by atoms with Gasteiger partial charge in [-0.05, 0) is 62.4 Å². The summed E-state index contributed by atoms with van der Waals surface area (Å²) in [6, 6.07) is 11.1. The number of carbonyl (C=O) groups is 2. The molecule has 5 nitrogen and oxygen atoms in total. The third kappa shape index (κ3) is 5.30. The van der Waals surface area contributed by atoms with E-state index in [0.29, 0.717) is 24.4 Å². The minimum Gasteiger partial charge on any atom is -0.350 e. The largest absolute Gasteiger partial charge is 0.350 e. The van der Waals surface area contributed by atoms with Crippen LogP contribution in [-0.2, 0) is 16.1 Å². The van der Waals surface area contributed by atoms with E-state index in [-0.39, 0.29) is 23.7 Å². The molecule has 0 atom stereocenters. The van der Waals surface area contributed by atoms with Crippen LogP contribution < -0.4 is 10.6 Å². The molecule has 0 saturated heterocycles. The minimum atomic E-state index is -0.0665. The predicted molar refractivity (Wildman–Crippen MR) is 106 cm³/mol. The van der Waals surface area contributed by atoms with Crippen LogP contribution >= 0.6 is 11.6 Å². The summed E-state index contributed by atoms with van der Waals surface area (Å²) >= 11 is 6.01. The molecule has 3 rings (SSSR count). The Morgan fingerprint density at radius 2 is 1.78 bits per heavy atom. The number of nitrogens with zero attached hydrogens (tertiary/aromatic N) is 1. The van der Waals surface area contributed by atoms with E-state index in [9.17, 15) is 9.59 Å². The van der Waals surface area contributed by atoms with Crippen LogP contribution in [0.1, 0.15) is 36.9 Å². The van der Waals surface area contributed by atoms with E-state index in [0.717, 1.165) is 29.8 Å². The lowest BCUT2D eigenvalue weighted by Crippen LogP contribution is -2.35. The van der Waals surface area contributed by atoms with Gasteiger partial charge >= 0.3 is 0 Å². The van der Waals surface area contributed by atoms with Crippen molar-refractivity contribution >= 4 is 29.1 Å². The molecule has 2 amide bonds. The Kier molecular flexibility index (Phi) is 6.45. The van der Waals surface area contributed by atoms with Crippen molar-refractivity contribution in [3.8, 4) is 0 Å². The van der Waals surface area contributed by atoms with Crippen molar-refractivity contribution in [2.24, 2.45) is 11.8 Å². The number of anilines is 1. The summed E-state index contributed by atoms with van der Waals surface area (Å²) < 4.78 is 0. The molecule has 0 aliphatic heterocycles. The maximum atomic E-state index is 12.6. The first-order chi connectivity index (χ1) is 13.0. The van der Waals surface area contributed by atoms with Crippen molar-refractivity contribution in [2.45, 2.75) is 39.2 Å². The molecule has 1 fully saturated rings. The zero-order valence-corrected chi connectivity index (χ0v) is 16.1. The fourth-order valence-electron chi connectivity index (χ4n) is 3.41. The van der Waals surface area contributed by atoms with Crippen LogP contribution in [0.15, 0.2) is 42.6 Å². The molecule has 1 aliphatic carbocycles. The van der Waals surface area contributed by atoms with Crippen LogP contribution in [0.5, 0.6) is 0 Å². The van der Waals surface area contributed by atoms with Gasteiger partial charge in [-0.2, -0.15) is 0 Å². The summed E-state index contributed by atoms with van der Waals surface area (Å²) in [5.74, 6) is -0.0493. The van der Waals surface area contributed by atoms with Crippen LogP contribution in [0.25, 0.3) is 0 Å². The lowest BCUT2D eigenvalue weighted by Gasteiger charge is -2.27. The molecule has 2 N–H and O–H groups in total. The number of halogens is 1. The smallest absolute Gasteiger partial charge is 0.227 e. The van der Waals surface area contributed by atoms with E-state index in [1.165, 1.54) is 0 Å². The SMILES string of the molecule is Cc1ccc(Cl)cc1NC(=O)C1CCC(C(=O)NCc2ccccn2)CC1. The zero-order valence-electron chi connectivity index (χ0n) is 15.4. The molecule has 1 aromatic heterocycles. The number of hydrogen-bond acceptors (Lipinski definition) is 3. The standard InChI is InChI=1S/C21H24ClN3O2/c1-14-5-10-17(22)12-19(14)25-21(27)16-8-6-15(7-9-16)20(26)24-13-18-4-2-3-11-23-18/h2-5,10-12,15-16H,6-9,13H2,1H3,(H,24,26)(H,25,27). The summed E-state index contributed by atoms with van der Waals surface area (Å²) in [6.45, 7) is 2.38. The normalized spacial score (nSPS) is 19.3. The lowest BCUT2D eigenvalue weighted by molar-refractivity contribution is -0.128. The number of aromatic nitrogens is 1. The zero-order chi connectivity index (χ0) is 19.2. The summed E-state index contributed by atoms with van der Waals surface area (Å²) in [7, 11) is 0. The van der Waals surface area contributed by atoms with Gasteiger partial charge in [0.1, 0.15) is 0 Å². The van der Waals surface area contributed by atoms with Crippen LogP contribution in [-0.4, -0.2) is 16.8 Å². The Morgan fingerprint density at radius 3 is 2.44 bits per heavy atom. The van der Waals surface area contributed by atoms with Crippen LogP contribution in [0.3, 0.4) is 0 Å². The second kappa shape index (κ2) is 9.00. The highest BCUT2D eigenvalue weighted by Crippen LogP contribution is 2.30.